The molecule has 2 aliphatic rings. The molecule has 2 heterocycles. The average Bonchev–Trinajstić information content (AvgIpc) is 2.43. The van der Waals surface area contributed by atoms with Gasteiger partial charge in [0.2, 0.25) is 5.91 Å². The zero-order valence-corrected chi connectivity index (χ0v) is 9.13. The number of amidine groups is 1. The van der Waals surface area contributed by atoms with Gasteiger partial charge in [-0.1, -0.05) is 13.8 Å². The number of Topliss-reactive ketones (excluding diaryl/α,β-unsaturated/α-hetero) is 1. The third-order valence-electron chi connectivity index (χ3n) is 3.12. The molecule has 0 bridgehead atoms. The highest BCUT2D eigenvalue weighted by Gasteiger charge is 2.44. The number of carbonyl (C=O) groups is 2. The molecule has 15 heavy (non-hydrogen) atoms. The van der Waals surface area contributed by atoms with Crippen LogP contribution in [0.3, 0.4) is 0 Å². The van der Waals surface area contributed by atoms with E-state index in [0.717, 1.165) is 11.3 Å². The second kappa shape index (κ2) is 3.29. The van der Waals surface area contributed by atoms with Crippen LogP contribution in [0.15, 0.2) is 16.3 Å². The Hall–Kier alpha value is -1.45. The molecule has 1 saturated heterocycles. The topological polar surface area (TPSA) is 58.5 Å². The first-order valence-electron chi connectivity index (χ1n) is 5.19. The lowest BCUT2D eigenvalue weighted by atomic mass is 9.85. The lowest BCUT2D eigenvalue weighted by Crippen LogP contribution is -2.32. The minimum atomic E-state index is -0.365. The van der Waals surface area contributed by atoms with E-state index in [2.05, 4.69) is 10.3 Å². The number of nitrogens with one attached hydrogen (secondary N) is 1. The molecule has 1 amide bonds. The Morgan fingerprint density at radius 3 is 2.67 bits per heavy atom. The van der Waals surface area contributed by atoms with Gasteiger partial charge < -0.3 is 5.32 Å². The summed E-state index contributed by atoms with van der Waals surface area (Å²) < 4.78 is 0. The van der Waals surface area contributed by atoms with E-state index in [4.69, 9.17) is 0 Å². The molecule has 0 radical (unpaired) electrons. The van der Waals surface area contributed by atoms with Gasteiger partial charge in [0.05, 0.1) is 11.8 Å². The number of ketones is 1. The maximum Gasteiger partial charge on any atom is 0.229 e. The Labute approximate surface area is 88.5 Å². The van der Waals surface area contributed by atoms with Gasteiger partial charge in [-0.3, -0.25) is 9.59 Å². The number of hydrogen-bond acceptors (Lipinski definition) is 3. The fraction of sp³-hybridized carbons (Fsp3) is 0.545. The van der Waals surface area contributed by atoms with Gasteiger partial charge in [-0.15, -0.1) is 0 Å². The lowest BCUT2D eigenvalue weighted by Gasteiger charge is -2.19. The molecule has 0 aromatic carbocycles. The molecule has 1 fully saturated rings. The van der Waals surface area contributed by atoms with Crippen LogP contribution >= 0.6 is 0 Å². The zero-order chi connectivity index (χ0) is 11.2. The van der Waals surface area contributed by atoms with E-state index in [0.29, 0.717) is 12.3 Å². The molecule has 0 aromatic heterocycles. The summed E-state index contributed by atoms with van der Waals surface area (Å²) in [6.07, 6.45) is 0.679. The van der Waals surface area contributed by atoms with Crippen LogP contribution < -0.4 is 5.32 Å². The summed E-state index contributed by atoms with van der Waals surface area (Å²) >= 11 is 0. The van der Waals surface area contributed by atoms with Crippen LogP contribution in [0.4, 0.5) is 0 Å². The second-order valence-electron chi connectivity index (χ2n) is 4.03. The van der Waals surface area contributed by atoms with Crippen LogP contribution in [0.25, 0.3) is 0 Å². The van der Waals surface area contributed by atoms with Crippen molar-refractivity contribution in [3.8, 4) is 0 Å². The Morgan fingerprint density at radius 2 is 2.07 bits per heavy atom. The van der Waals surface area contributed by atoms with Gasteiger partial charge in [-0.05, 0) is 13.3 Å². The molecule has 0 saturated carbocycles. The second-order valence-corrected chi connectivity index (χ2v) is 4.03. The van der Waals surface area contributed by atoms with Crippen molar-refractivity contribution in [3.05, 3.63) is 11.3 Å². The molecular formula is C11H14N2O2. The maximum atomic E-state index is 12.1. The molecule has 0 aliphatic carbocycles. The van der Waals surface area contributed by atoms with E-state index in [1.54, 1.807) is 6.92 Å². The smallest absolute Gasteiger partial charge is 0.229 e. The summed E-state index contributed by atoms with van der Waals surface area (Å²) in [5.41, 5.74) is 1.50. The molecule has 0 aromatic rings. The molecule has 0 spiro atoms. The van der Waals surface area contributed by atoms with E-state index in [9.17, 15) is 9.59 Å². The molecular weight excluding hydrogens is 192 g/mol. The monoisotopic (exact) mass is 206 g/mol. The fourth-order valence-electron chi connectivity index (χ4n) is 2.20. The first kappa shape index (κ1) is 10.1. The maximum absolute atomic E-state index is 12.1. The van der Waals surface area contributed by atoms with Crippen molar-refractivity contribution < 1.29 is 9.59 Å². The van der Waals surface area contributed by atoms with Gasteiger partial charge in [0.15, 0.2) is 5.78 Å². The predicted molar refractivity (Wildman–Crippen MR) is 56.2 cm³/mol. The first-order valence-corrected chi connectivity index (χ1v) is 5.19. The van der Waals surface area contributed by atoms with Crippen LogP contribution in [0, 0.1) is 11.8 Å². The molecule has 4 nitrogen and oxygen atoms in total. The van der Waals surface area contributed by atoms with Gasteiger partial charge in [0.25, 0.3) is 0 Å². The van der Waals surface area contributed by atoms with Crippen LogP contribution in [-0.2, 0) is 9.59 Å². The standard InChI is InChI=1S/C11H14N2O2/c1-4-7-6(3)12-10-8(9(7)14)5(2)11(15)13-10/h5,8H,4H2,1-3H3,(H,12,13,15)/t5-,8+/m0/s1. The molecule has 4 heteroatoms. The Bertz CT molecular complexity index is 407. The number of hydrogen-bond donors (Lipinski definition) is 1. The number of fused-ring (bicyclic) bond motifs is 1. The number of nitrogens with zero attached hydrogens (tertiary/aromatic N) is 1. The lowest BCUT2D eigenvalue weighted by molar-refractivity contribution is -0.126. The fourth-order valence-corrected chi connectivity index (χ4v) is 2.20. The van der Waals surface area contributed by atoms with Crippen molar-refractivity contribution in [2.75, 3.05) is 0 Å². The molecule has 2 atom stereocenters. The van der Waals surface area contributed by atoms with Gasteiger partial charge in [-0.25, -0.2) is 4.99 Å². The summed E-state index contributed by atoms with van der Waals surface area (Å²) in [4.78, 5) is 27.8. The average molecular weight is 206 g/mol. The van der Waals surface area contributed by atoms with Crippen LogP contribution in [0.5, 0.6) is 0 Å². The van der Waals surface area contributed by atoms with Gasteiger partial charge in [0.1, 0.15) is 5.84 Å². The third-order valence-corrected chi connectivity index (χ3v) is 3.12. The van der Waals surface area contributed by atoms with Crippen molar-refractivity contribution in [1.82, 2.24) is 5.32 Å². The number of amides is 1. The Morgan fingerprint density at radius 1 is 1.40 bits per heavy atom. The molecule has 2 aliphatic heterocycles. The van der Waals surface area contributed by atoms with Crippen LogP contribution in [-0.4, -0.2) is 17.5 Å². The van der Waals surface area contributed by atoms with Crippen molar-refractivity contribution in [2.24, 2.45) is 16.8 Å². The van der Waals surface area contributed by atoms with E-state index in [-0.39, 0.29) is 23.5 Å². The van der Waals surface area contributed by atoms with Gasteiger partial charge in [0, 0.05) is 11.3 Å². The Kier molecular flexibility index (Phi) is 2.21. The van der Waals surface area contributed by atoms with Crippen LogP contribution in [0.1, 0.15) is 27.2 Å². The molecule has 1 N–H and O–H groups in total. The highest BCUT2D eigenvalue weighted by atomic mass is 16.2. The van der Waals surface area contributed by atoms with Crippen molar-refractivity contribution >= 4 is 17.5 Å². The van der Waals surface area contributed by atoms with Gasteiger partial charge in [-0.2, -0.15) is 0 Å². The van der Waals surface area contributed by atoms with E-state index in [1.807, 2.05) is 13.8 Å². The summed E-state index contributed by atoms with van der Waals surface area (Å²) in [5.74, 6) is -0.155. The predicted octanol–water partition coefficient (Wildman–Crippen LogP) is 1.03. The van der Waals surface area contributed by atoms with E-state index in [1.165, 1.54) is 0 Å². The van der Waals surface area contributed by atoms with Crippen molar-refractivity contribution in [2.45, 2.75) is 27.2 Å². The number of aliphatic imine (C=N–C) groups is 1. The minimum absolute atomic E-state index is 0.0610. The number of allylic oxidation sites excluding steroid dienone is 2. The largest absolute Gasteiger partial charge is 0.313 e. The quantitative estimate of drug-likeness (QED) is 0.696. The van der Waals surface area contributed by atoms with Gasteiger partial charge >= 0.3 is 0 Å². The number of rotatable bonds is 1. The van der Waals surface area contributed by atoms with Crippen molar-refractivity contribution in [3.63, 3.8) is 0 Å². The highest BCUT2D eigenvalue weighted by molar-refractivity contribution is 6.22. The number of carbonyl (C=O) groups excluding carboxylic acids is 2. The van der Waals surface area contributed by atoms with E-state index >= 15 is 0 Å². The third kappa shape index (κ3) is 1.32. The minimum Gasteiger partial charge on any atom is -0.313 e. The SMILES string of the molecule is CCC1=C(C)N=C2NC(=O)[C@@H](C)[C@@H]2C1=O. The summed E-state index contributed by atoms with van der Waals surface area (Å²) in [7, 11) is 0. The first-order chi connectivity index (χ1) is 7.06. The zero-order valence-electron chi connectivity index (χ0n) is 9.13. The molecule has 80 valence electrons. The van der Waals surface area contributed by atoms with Crippen molar-refractivity contribution in [1.29, 1.82) is 0 Å². The molecule has 0 unspecified atom stereocenters. The Balaban J connectivity index is 2.46. The highest BCUT2D eigenvalue weighted by Crippen LogP contribution is 2.30. The van der Waals surface area contributed by atoms with Crippen LogP contribution in [0.2, 0.25) is 0 Å². The summed E-state index contributed by atoms with van der Waals surface area (Å²) in [5, 5.41) is 2.67. The summed E-state index contributed by atoms with van der Waals surface area (Å²) in [6.45, 7) is 5.52. The normalized spacial score (nSPS) is 30.2. The molecule has 2 rings (SSSR count). The summed E-state index contributed by atoms with van der Waals surface area (Å²) in [6, 6.07) is 0. The van der Waals surface area contributed by atoms with E-state index < -0.39 is 0 Å².